The highest BCUT2D eigenvalue weighted by atomic mass is 16.8. The molecule has 0 amide bonds. The third kappa shape index (κ3) is 10.1. The number of nitrogens with one attached hydrogen (secondary N) is 1. The Labute approximate surface area is 284 Å². The number of carboxylic acid groups (broad SMARTS) is 1. The lowest BCUT2D eigenvalue weighted by molar-refractivity contribution is -0.348. The normalized spacial score (nSPS) is 29.4. The van der Waals surface area contributed by atoms with Gasteiger partial charge in [-0.15, -0.1) is 6.58 Å². The van der Waals surface area contributed by atoms with Crippen LogP contribution in [0.25, 0.3) is 0 Å². The molecule has 1 saturated heterocycles. The van der Waals surface area contributed by atoms with Crippen LogP contribution in [0.4, 0.5) is 0 Å². The Morgan fingerprint density at radius 1 is 1.20 bits per heavy atom. The number of rotatable bonds is 16. The van der Waals surface area contributed by atoms with Gasteiger partial charge in [0.05, 0.1) is 55.5 Å². The van der Waals surface area contributed by atoms with E-state index in [1.54, 1.807) is 30.9 Å². The fraction of sp³-hybridized carbons (Fsp3) is 0.594. The number of ether oxygens (including phenoxy) is 5. The zero-order valence-corrected chi connectivity index (χ0v) is 27.8. The fourth-order valence-corrected chi connectivity index (χ4v) is 5.50. The minimum atomic E-state index is -1.48. The van der Waals surface area contributed by atoms with Crippen molar-refractivity contribution in [1.82, 2.24) is 10.2 Å². The van der Waals surface area contributed by atoms with Crippen LogP contribution in [0.5, 0.6) is 0 Å². The first-order valence-electron chi connectivity index (χ1n) is 15.8. The first kappa shape index (κ1) is 39.6. The molecule has 0 aromatic carbocycles. The van der Waals surface area contributed by atoms with Crippen LogP contribution in [-0.2, 0) is 33.3 Å². The number of hydrogen-bond acceptors (Lipinski definition) is 14. The van der Waals surface area contributed by atoms with E-state index in [-0.39, 0.29) is 55.7 Å². The van der Waals surface area contributed by atoms with Crippen molar-refractivity contribution < 1.29 is 63.9 Å². The largest absolute Gasteiger partial charge is 0.478 e. The molecule has 9 N–H and O–H groups in total. The summed E-state index contributed by atoms with van der Waals surface area (Å²) in [6.07, 6.45) is -0.714. The molecule has 0 radical (unpaired) electrons. The summed E-state index contributed by atoms with van der Waals surface area (Å²) in [5, 5.41) is 62.6. The molecule has 17 nitrogen and oxygen atoms in total. The van der Waals surface area contributed by atoms with Crippen molar-refractivity contribution in [3.8, 4) is 0 Å². The first-order valence-corrected chi connectivity index (χ1v) is 15.8. The van der Waals surface area contributed by atoms with Gasteiger partial charge in [-0.05, 0) is 25.8 Å². The summed E-state index contributed by atoms with van der Waals surface area (Å²) in [5.74, 6) is -3.75. The number of nitrogens with two attached hydrogens (primary N) is 1. The summed E-state index contributed by atoms with van der Waals surface area (Å²) >= 11 is 0. The van der Waals surface area contributed by atoms with Crippen LogP contribution in [0, 0.1) is 11.8 Å². The fourth-order valence-electron chi connectivity index (χ4n) is 5.50. The second-order valence-electron chi connectivity index (χ2n) is 11.7. The maximum atomic E-state index is 12.9. The lowest BCUT2D eigenvalue weighted by Gasteiger charge is -2.44. The predicted molar refractivity (Wildman–Crippen MR) is 173 cm³/mol. The first-order chi connectivity index (χ1) is 23.4. The molecule has 274 valence electrons. The smallest absolute Gasteiger partial charge is 0.339 e. The summed E-state index contributed by atoms with van der Waals surface area (Å²) in [7, 11) is 1.20. The Bertz CT molecular complexity index is 1310. The summed E-state index contributed by atoms with van der Waals surface area (Å²) < 4.78 is 28.5. The van der Waals surface area contributed by atoms with Crippen molar-refractivity contribution >= 4 is 17.9 Å². The summed E-state index contributed by atoms with van der Waals surface area (Å²) in [6.45, 7) is 6.80. The maximum Gasteiger partial charge on any atom is 0.339 e. The van der Waals surface area contributed by atoms with E-state index in [2.05, 4.69) is 16.9 Å². The van der Waals surface area contributed by atoms with Crippen LogP contribution in [0.15, 0.2) is 64.7 Å². The Morgan fingerprint density at radius 3 is 2.53 bits per heavy atom. The van der Waals surface area contributed by atoms with Crippen LogP contribution in [0.1, 0.15) is 20.3 Å². The molecule has 49 heavy (non-hydrogen) atoms. The standard InChI is InChI=1S/C32H48N4O13/c1-5-19-20(8-7-18-13-36(10-12-38)14-21(28(42)43)24(18)35-32(33)34-9-6-11-37)22(29(44)45-4)16-46-30(19)49-31-27(47-17(2)3)26(41)25(40)23(15-39)48-31/h5,7-8,14,16-17,19-20,23,25-27,30-31,37-41H,1,6,9-13,15H2,2-4H3,(H,42,43)(H3,33,34,35)/b8-7+/t19-,20+,23-,25-,26+,27-,30+,31+/m1/s1. The zero-order valence-electron chi connectivity index (χ0n) is 27.8. The van der Waals surface area contributed by atoms with Gasteiger partial charge in [0.25, 0.3) is 0 Å². The van der Waals surface area contributed by atoms with Crippen molar-refractivity contribution in [3.05, 3.63) is 59.7 Å². The topological polar surface area (TPSA) is 255 Å². The van der Waals surface area contributed by atoms with Gasteiger partial charge in [0.15, 0.2) is 12.2 Å². The number of nitrogens with zero attached hydrogens (tertiary/aromatic N) is 2. The van der Waals surface area contributed by atoms with Crippen LogP contribution in [-0.4, -0.2) is 143 Å². The minimum Gasteiger partial charge on any atom is -0.478 e. The summed E-state index contributed by atoms with van der Waals surface area (Å²) in [4.78, 5) is 31.0. The third-order valence-corrected chi connectivity index (χ3v) is 7.88. The van der Waals surface area contributed by atoms with Gasteiger partial charge >= 0.3 is 11.9 Å². The molecule has 17 heteroatoms. The van der Waals surface area contributed by atoms with Crippen LogP contribution in [0.3, 0.4) is 0 Å². The van der Waals surface area contributed by atoms with E-state index in [4.69, 9.17) is 34.5 Å². The van der Waals surface area contributed by atoms with E-state index >= 15 is 0 Å². The molecule has 8 atom stereocenters. The van der Waals surface area contributed by atoms with Crippen molar-refractivity contribution in [2.75, 3.05) is 46.6 Å². The second kappa shape index (κ2) is 18.8. The average Bonchev–Trinajstić information content (AvgIpc) is 3.07. The van der Waals surface area contributed by atoms with Gasteiger partial charge in [0.1, 0.15) is 24.4 Å². The summed E-state index contributed by atoms with van der Waals surface area (Å²) in [6, 6.07) is 0. The third-order valence-electron chi connectivity index (χ3n) is 7.88. The number of aliphatic carboxylic acids is 1. The number of methoxy groups -OCH3 is 1. The molecule has 0 bridgehead atoms. The van der Waals surface area contributed by atoms with Gasteiger partial charge in [-0.3, -0.25) is 4.99 Å². The van der Waals surface area contributed by atoms with Crippen molar-refractivity contribution in [3.63, 3.8) is 0 Å². The number of aliphatic hydroxyl groups is 5. The van der Waals surface area contributed by atoms with Gasteiger partial charge < -0.3 is 70.3 Å². The number of guanidine groups is 1. The lowest BCUT2D eigenvalue weighted by Crippen LogP contribution is -2.61. The van der Waals surface area contributed by atoms with Gasteiger partial charge in [-0.1, -0.05) is 18.2 Å². The molecule has 0 aliphatic carbocycles. The molecular weight excluding hydrogens is 648 g/mol. The SMILES string of the molecule is C=C[C@H]1[C@H](O[C@@H]2O[C@H](CO)[C@@H](O)[C@H](O)[C@H]2OC(C)C)OC=C(C(=O)OC)[C@H]1/C=C/C1=C(NC(N)=NCCCO)C(C(=O)O)=CN(CCO)C1. The molecule has 3 heterocycles. The van der Waals surface area contributed by atoms with Gasteiger partial charge in [-0.25, -0.2) is 9.59 Å². The number of allylic oxidation sites excluding steroid dienone is 1. The number of esters is 1. The van der Waals surface area contributed by atoms with E-state index in [0.29, 0.717) is 12.0 Å². The zero-order chi connectivity index (χ0) is 36.2. The second-order valence-corrected chi connectivity index (χ2v) is 11.7. The summed E-state index contributed by atoms with van der Waals surface area (Å²) in [5.41, 5.74) is 6.49. The van der Waals surface area contributed by atoms with Gasteiger partial charge in [0, 0.05) is 38.4 Å². The number of carboxylic acids is 1. The number of carbonyl (C=O) groups excluding carboxylic acids is 1. The van der Waals surface area contributed by atoms with E-state index in [1.807, 2.05) is 0 Å². The van der Waals surface area contributed by atoms with Gasteiger partial charge in [-0.2, -0.15) is 0 Å². The van der Waals surface area contributed by atoms with Crippen molar-refractivity contribution in [2.45, 2.75) is 63.4 Å². The Kier molecular flexibility index (Phi) is 15.2. The maximum absolute atomic E-state index is 12.9. The molecule has 1 fully saturated rings. The van der Waals surface area contributed by atoms with Crippen molar-refractivity contribution in [1.29, 1.82) is 0 Å². The highest BCUT2D eigenvalue weighted by Gasteiger charge is 2.49. The number of aliphatic imine (C=N–C) groups is 1. The van der Waals surface area contributed by atoms with Crippen LogP contribution in [0.2, 0.25) is 0 Å². The lowest BCUT2D eigenvalue weighted by atomic mass is 9.83. The molecule has 0 spiro atoms. The van der Waals surface area contributed by atoms with E-state index < -0.39 is 73.5 Å². The highest BCUT2D eigenvalue weighted by Crippen LogP contribution is 2.37. The molecular formula is C32H48N4O13. The van der Waals surface area contributed by atoms with E-state index in [9.17, 15) is 35.1 Å². The molecule has 0 saturated carbocycles. The monoisotopic (exact) mass is 696 g/mol. The Balaban J connectivity index is 2.05. The number of hydrogen-bond donors (Lipinski definition) is 8. The van der Waals surface area contributed by atoms with Gasteiger partial charge in [0.2, 0.25) is 6.29 Å². The number of aliphatic hydroxyl groups excluding tert-OH is 5. The highest BCUT2D eigenvalue weighted by molar-refractivity contribution is 5.95. The molecule has 0 aromatic heterocycles. The van der Waals surface area contributed by atoms with E-state index in [1.165, 1.54) is 19.4 Å². The molecule has 3 aliphatic rings. The number of carbonyl (C=O) groups is 2. The minimum absolute atomic E-state index is 0.0731. The molecule has 0 unspecified atom stereocenters. The average molecular weight is 697 g/mol. The quantitative estimate of drug-likeness (QED) is 0.0299. The predicted octanol–water partition coefficient (Wildman–Crippen LogP) is -1.56. The van der Waals surface area contributed by atoms with Crippen LogP contribution >= 0.6 is 0 Å². The van der Waals surface area contributed by atoms with Crippen LogP contribution < -0.4 is 11.1 Å². The Morgan fingerprint density at radius 2 is 1.94 bits per heavy atom. The van der Waals surface area contributed by atoms with E-state index in [0.717, 1.165) is 6.26 Å². The molecule has 0 aromatic rings. The number of β-amino-alcohol motifs (C(OH)–C–C–N with tert-alkyl or cyclic N) is 1. The molecule has 3 rings (SSSR count). The van der Waals surface area contributed by atoms with Crippen molar-refractivity contribution in [2.24, 2.45) is 22.6 Å². The molecule has 3 aliphatic heterocycles. The Hall–Kier alpha value is -3.81.